The Morgan fingerprint density at radius 1 is 0.955 bits per heavy atom. The summed E-state index contributed by atoms with van der Waals surface area (Å²) in [7, 11) is 6.00. The van der Waals surface area contributed by atoms with Crippen molar-refractivity contribution in [1.29, 1.82) is 0 Å². The van der Waals surface area contributed by atoms with Gasteiger partial charge in [-0.2, -0.15) is 0 Å². The summed E-state index contributed by atoms with van der Waals surface area (Å²) in [5, 5.41) is 9.25. The van der Waals surface area contributed by atoms with E-state index in [9.17, 15) is 9.90 Å². The molecule has 1 aromatic rings. The molecule has 0 bridgehead atoms. The number of aliphatic carboxylic acids is 1. The highest BCUT2D eigenvalue weighted by Gasteiger charge is 2.25. The number of carbonyl (C=O) groups is 1. The molecule has 0 radical (unpaired) electrons. The van der Waals surface area contributed by atoms with Crippen molar-refractivity contribution in [2.24, 2.45) is 0 Å². The van der Waals surface area contributed by atoms with E-state index in [4.69, 9.17) is 18.9 Å². The topological polar surface area (TPSA) is 74.2 Å². The largest absolute Gasteiger partial charge is 0.492 e. The van der Waals surface area contributed by atoms with E-state index in [-0.39, 0.29) is 5.57 Å². The van der Waals surface area contributed by atoms with Gasteiger partial charge in [-0.3, -0.25) is 0 Å². The molecule has 1 rings (SSSR count). The summed E-state index contributed by atoms with van der Waals surface area (Å²) in [5.74, 6) is 0.680. The first-order valence-electron chi connectivity index (χ1n) is 6.77. The molecule has 0 heterocycles. The molecule has 0 unspecified atom stereocenters. The molecule has 6 heteroatoms. The first kappa shape index (κ1) is 17.7. The summed E-state index contributed by atoms with van der Waals surface area (Å²) >= 11 is 0. The second-order valence-electron chi connectivity index (χ2n) is 4.50. The van der Waals surface area contributed by atoms with Crippen LogP contribution in [0.5, 0.6) is 23.0 Å². The Morgan fingerprint density at radius 2 is 1.41 bits per heavy atom. The van der Waals surface area contributed by atoms with Crippen LogP contribution in [0.2, 0.25) is 0 Å². The smallest absolute Gasteiger partial charge is 0.331 e. The number of carboxylic acids is 1. The number of rotatable bonds is 7. The van der Waals surface area contributed by atoms with Gasteiger partial charge in [0.05, 0.1) is 28.4 Å². The minimum atomic E-state index is -0.974. The van der Waals surface area contributed by atoms with Gasteiger partial charge in [-0.05, 0) is 19.4 Å². The second kappa shape index (κ2) is 7.59. The summed E-state index contributed by atoms with van der Waals surface area (Å²) in [4.78, 5) is 11.3. The van der Waals surface area contributed by atoms with Crippen LogP contribution in [0.1, 0.15) is 24.5 Å². The minimum absolute atomic E-state index is 0.260. The predicted octanol–water partition coefficient (Wildman–Crippen LogP) is 2.91. The molecule has 0 saturated heterocycles. The molecule has 0 aliphatic rings. The van der Waals surface area contributed by atoms with Gasteiger partial charge in [0.1, 0.15) is 0 Å². The van der Waals surface area contributed by atoms with Gasteiger partial charge >= 0.3 is 5.97 Å². The summed E-state index contributed by atoms with van der Waals surface area (Å²) in [6, 6.07) is 0. The maximum atomic E-state index is 11.3. The maximum Gasteiger partial charge on any atom is 0.331 e. The van der Waals surface area contributed by atoms with Crippen molar-refractivity contribution in [2.75, 3.05) is 28.4 Å². The van der Waals surface area contributed by atoms with Gasteiger partial charge in [0.2, 0.25) is 11.5 Å². The molecule has 0 fully saturated rings. The van der Waals surface area contributed by atoms with E-state index in [1.807, 2.05) is 6.92 Å². The van der Waals surface area contributed by atoms with E-state index >= 15 is 0 Å². The van der Waals surface area contributed by atoms with Crippen molar-refractivity contribution < 1.29 is 28.8 Å². The minimum Gasteiger partial charge on any atom is -0.492 e. The lowest BCUT2D eigenvalue weighted by molar-refractivity contribution is -0.132. The van der Waals surface area contributed by atoms with Crippen LogP contribution in [0.15, 0.2) is 5.57 Å². The third kappa shape index (κ3) is 3.10. The van der Waals surface area contributed by atoms with Crippen LogP contribution >= 0.6 is 0 Å². The molecular weight excluding hydrogens is 288 g/mol. The molecule has 0 spiro atoms. The van der Waals surface area contributed by atoms with Gasteiger partial charge in [-0.25, -0.2) is 4.79 Å². The Morgan fingerprint density at radius 3 is 1.77 bits per heavy atom. The van der Waals surface area contributed by atoms with Gasteiger partial charge < -0.3 is 24.1 Å². The SMILES string of the molecule is CCC(=Cc1c(C)c(OC)c(OC)c(OC)c1OC)C(=O)O. The lowest BCUT2D eigenvalue weighted by Gasteiger charge is -2.20. The fraction of sp³-hybridized carbons (Fsp3) is 0.438. The zero-order valence-electron chi connectivity index (χ0n) is 13.8. The zero-order valence-corrected chi connectivity index (χ0v) is 13.8. The predicted molar refractivity (Wildman–Crippen MR) is 83.3 cm³/mol. The summed E-state index contributed by atoms with van der Waals surface area (Å²) in [5.41, 5.74) is 1.57. The molecule has 0 aliphatic carbocycles. The monoisotopic (exact) mass is 310 g/mol. The van der Waals surface area contributed by atoms with Crippen molar-refractivity contribution in [2.45, 2.75) is 20.3 Å². The molecule has 22 heavy (non-hydrogen) atoms. The molecule has 0 atom stereocenters. The van der Waals surface area contributed by atoms with E-state index in [2.05, 4.69) is 0 Å². The quantitative estimate of drug-likeness (QED) is 0.781. The Labute approximate surface area is 130 Å². The average Bonchev–Trinajstić information content (AvgIpc) is 2.51. The highest BCUT2D eigenvalue weighted by atomic mass is 16.5. The first-order valence-corrected chi connectivity index (χ1v) is 6.77. The number of carboxylic acid groups (broad SMARTS) is 1. The van der Waals surface area contributed by atoms with Crippen molar-refractivity contribution in [3.05, 3.63) is 16.7 Å². The van der Waals surface area contributed by atoms with Crippen LogP contribution in [-0.4, -0.2) is 39.5 Å². The molecule has 0 saturated carbocycles. The Bertz CT molecular complexity index is 589. The maximum absolute atomic E-state index is 11.3. The number of ether oxygens (including phenoxy) is 4. The molecule has 6 nitrogen and oxygen atoms in total. The average molecular weight is 310 g/mol. The molecule has 1 aromatic carbocycles. The molecule has 0 aliphatic heterocycles. The fourth-order valence-corrected chi connectivity index (χ4v) is 2.27. The van der Waals surface area contributed by atoms with Crippen LogP contribution in [0.25, 0.3) is 6.08 Å². The van der Waals surface area contributed by atoms with Gasteiger partial charge in [0, 0.05) is 16.7 Å². The van der Waals surface area contributed by atoms with Gasteiger partial charge in [0.15, 0.2) is 11.5 Å². The number of hydrogen-bond acceptors (Lipinski definition) is 5. The van der Waals surface area contributed by atoms with E-state index in [0.717, 1.165) is 0 Å². The summed E-state index contributed by atoms with van der Waals surface area (Å²) in [6.07, 6.45) is 1.95. The van der Waals surface area contributed by atoms with Crippen LogP contribution in [-0.2, 0) is 4.79 Å². The highest BCUT2D eigenvalue weighted by molar-refractivity contribution is 5.93. The Kier molecular flexibility index (Phi) is 6.10. The van der Waals surface area contributed by atoms with Crippen LogP contribution < -0.4 is 18.9 Å². The second-order valence-corrected chi connectivity index (χ2v) is 4.50. The number of methoxy groups -OCH3 is 4. The normalized spacial score (nSPS) is 11.1. The lowest BCUT2D eigenvalue weighted by Crippen LogP contribution is -2.04. The Hall–Kier alpha value is -2.37. The number of benzene rings is 1. The highest BCUT2D eigenvalue weighted by Crippen LogP contribution is 2.49. The molecule has 122 valence electrons. The first-order chi connectivity index (χ1) is 10.5. The molecule has 0 aromatic heterocycles. The lowest BCUT2D eigenvalue weighted by atomic mass is 10.0. The van der Waals surface area contributed by atoms with E-state index in [1.165, 1.54) is 28.4 Å². The third-order valence-electron chi connectivity index (χ3n) is 3.40. The van der Waals surface area contributed by atoms with Crippen molar-refractivity contribution in [3.63, 3.8) is 0 Å². The van der Waals surface area contributed by atoms with Crippen LogP contribution in [0, 0.1) is 6.92 Å². The summed E-state index contributed by atoms with van der Waals surface area (Å²) < 4.78 is 21.5. The molecule has 0 amide bonds. The van der Waals surface area contributed by atoms with Crippen molar-refractivity contribution in [3.8, 4) is 23.0 Å². The van der Waals surface area contributed by atoms with Crippen molar-refractivity contribution in [1.82, 2.24) is 0 Å². The molecule has 1 N–H and O–H groups in total. The van der Waals surface area contributed by atoms with Gasteiger partial charge in [-0.15, -0.1) is 0 Å². The van der Waals surface area contributed by atoms with E-state index < -0.39 is 5.97 Å². The zero-order chi connectivity index (χ0) is 16.9. The van der Waals surface area contributed by atoms with Crippen LogP contribution in [0.4, 0.5) is 0 Å². The van der Waals surface area contributed by atoms with E-state index in [1.54, 1.807) is 13.0 Å². The van der Waals surface area contributed by atoms with Crippen molar-refractivity contribution >= 4 is 12.0 Å². The fourth-order valence-electron chi connectivity index (χ4n) is 2.27. The number of hydrogen-bond donors (Lipinski definition) is 1. The third-order valence-corrected chi connectivity index (χ3v) is 3.40. The van der Waals surface area contributed by atoms with Crippen LogP contribution in [0.3, 0.4) is 0 Å². The summed E-state index contributed by atoms with van der Waals surface area (Å²) in [6.45, 7) is 3.59. The molecular formula is C16H22O6. The van der Waals surface area contributed by atoms with Gasteiger partial charge in [0.25, 0.3) is 0 Å². The standard InChI is InChI=1S/C16H22O6/c1-7-10(16(17)18)8-11-9(2)12(19-3)14(21-5)15(22-6)13(11)20-4/h8H,7H2,1-6H3,(H,17,18). The van der Waals surface area contributed by atoms with E-state index in [0.29, 0.717) is 40.5 Å². The van der Waals surface area contributed by atoms with Gasteiger partial charge in [-0.1, -0.05) is 6.92 Å². The Balaban J connectivity index is 3.80.